The van der Waals surface area contributed by atoms with Crippen LogP contribution in [0.15, 0.2) is 90.0 Å². The molecule has 1 saturated heterocycles. The average molecular weight is 615 g/mol. The number of hydrogen-bond donors (Lipinski definition) is 2. The molecule has 0 saturated carbocycles. The standard InChI is InChI=1S/C28H24ClN5O5S.ClH/c29-21-10-8-20-16-22(11-9-19(20)15-21)40(38,39)34-14-13-33(24(26(30)35)25(34)27(31)36)28(37)18-6-4-17(5-7-18)23-3-1-2-12-32-23;/h1-12,15-16,24-25H,13-14H2,(H2,30,35)(H2,31,36);1H. The number of fused-ring (bicyclic) bond motifs is 1. The van der Waals surface area contributed by atoms with E-state index in [1.807, 2.05) is 12.1 Å². The maximum absolute atomic E-state index is 13.7. The van der Waals surface area contributed by atoms with Crippen LogP contribution in [-0.2, 0) is 19.6 Å². The molecule has 41 heavy (non-hydrogen) atoms. The van der Waals surface area contributed by atoms with Gasteiger partial charge in [0.2, 0.25) is 21.8 Å². The van der Waals surface area contributed by atoms with E-state index in [-0.39, 0.29) is 36.0 Å². The molecule has 1 fully saturated rings. The minimum absolute atomic E-state index is 0. The van der Waals surface area contributed by atoms with E-state index >= 15 is 0 Å². The van der Waals surface area contributed by atoms with Gasteiger partial charge in [0, 0.05) is 35.4 Å². The summed E-state index contributed by atoms with van der Waals surface area (Å²) in [6.07, 6.45) is 1.65. The number of amides is 3. The number of aromatic nitrogens is 1. The van der Waals surface area contributed by atoms with Gasteiger partial charge in [0.1, 0.15) is 12.1 Å². The molecule has 1 aliphatic heterocycles. The summed E-state index contributed by atoms with van der Waals surface area (Å²) in [5.41, 5.74) is 13.0. The number of hydrogen-bond acceptors (Lipinski definition) is 6. The number of nitrogens with two attached hydrogens (primary N) is 2. The molecular weight excluding hydrogens is 589 g/mol. The Morgan fingerprint density at radius 3 is 2.12 bits per heavy atom. The predicted octanol–water partition coefficient (Wildman–Crippen LogP) is 2.83. The molecule has 2 atom stereocenters. The lowest BCUT2D eigenvalue weighted by Crippen LogP contribution is -2.69. The Hall–Kier alpha value is -4.03. The Labute approximate surface area is 247 Å². The number of rotatable bonds is 6. The topological polar surface area (TPSA) is 157 Å². The highest BCUT2D eigenvalue weighted by atomic mass is 35.5. The second kappa shape index (κ2) is 11.8. The van der Waals surface area contributed by atoms with E-state index in [2.05, 4.69) is 4.98 Å². The van der Waals surface area contributed by atoms with Gasteiger partial charge in [-0.05, 0) is 59.3 Å². The van der Waals surface area contributed by atoms with Crippen molar-refractivity contribution in [2.24, 2.45) is 11.5 Å². The Morgan fingerprint density at radius 1 is 0.829 bits per heavy atom. The van der Waals surface area contributed by atoms with E-state index < -0.39 is 39.8 Å². The summed E-state index contributed by atoms with van der Waals surface area (Å²) in [4.78, 5) is 44.1. The van der Waals surface area contributed by atoms with Gasteiger partial charge in [0.25, 0.3) is 5.91 Å². The average Bonchev–Trinajstić information content (AvgIpc) is 2.96. The molecule has 0 bridgehead atoms. The summed E-state index contributed by atoms with van der Waals surface area (Å²) in [6.45, 7) is -0.475. The van der Waals surface area contributed by atoms with Crippen LogP contribution in [0, 0.1) is 0 Å². The van der Waals surface area contributed by atoms with E-state index in [4.69, 9.17) is 23.1 Å². The van der Waals surface area contributed by atoms with Gasteiger partial charge in [0.15, 0.2) is 0 Å². The summed E-state index contributed by atoms with van der Waals surface area (Å²) in [7, 11) is -4.33. The molecule has 1 aromatic heterocycles. The number of carbonyl (C=O) groups excluding carboxylic acids is 3. The van der Waals surface area contributed by atoms with Gasteiger partial charge in [0.05, 0.1) is 10.6 Å². The number of primary amides is 2. The minimum atomic E-state index is -4.33. The molecule has 0 spiro atoms. The van der Waals surface area contributed by atoms with Crippen molar-refractivity contribution >= 4 is 62.5 Å². The highest BCUT2D eigenvalue weighted by Gasteiger charge is 2.49. The normalized spacial score (nSPS) is 17.5. The fraction of sp³-hybridized carbons (Fsp3) is 0.143. The van der Waals surface area contributed by atoms with Crippen molar-refractivity contribution in [3.05, 3.63) is 95.6 Å². The van der Waals surface area contributed by atoms with Crippen LogP contribution in [-0.4, -0.2) is 65.5 Å². The lowest BCUT2D eigenvalue weighted by atomic mass is 10.00. The fourth-order valence-electron chi connectivity index (χ4n) is 4.89. The van der Waals surface area contributed by atoms with Crippen molar-refractivity contribution in [3.63, 3.8) is 0 Å². The SMILES string of the molecule is Cl.NC(=O)C1C(C(N)=O)N(S(=O)(=O)c2ccc3cc(Cl)ccc3c2)CCN1C(=O)c1ccc(-c2ccccn2)cc1. The van der Waals surface area contributed by atoms with Gasteiger partial charge < -0.3 is 16.4 Å². The smallest absolute Gasteiger partial charge is 0.254 e. The molecule has 212 valence electrons. The Morgan fingerprint density at radius 2 is 1.49 bits per heavy atom. The number of benzene rings is 3. The van der Waals surface area contributed by atoms with Crippen molar-refractivity contribution in [2.45, 2.75) is 17.0 Å². The third-order valence-corrected chi connectivity index (χ3v) is 8.94. The maximum Gasteiger partial charge on any atom is 0.254 e. The molecule has 2 unspecified atom stereocenters. The zero-order chi connectivity index (χ0) is 28.6. The van der Waals surface area contributed by atoms with Crippen molar-refractivity contribution in [1.82, 2.24) is 14.2 Å². The summed E-state index contributed by atoms with van der Waals surface area (Å²) in [6, 6.07) is 18.0. The monoisotopic (exact) mass is 613 g/mol. The molecule has 3 amide bonds. The first-order valence-corrected chi connectivity index (χ1v) is 14.0. The van der Waals surface area contributed by atoms with Crippen molar-refractivity contribution in [2.75, 3.05) is 13.1 Å². The molecule has 10 nitrogen and oxygen atoms in total. The molecule has 3 aromatic carbocycles. The highest BCUT2D eigenvalue weighted by Crippen LogP contribution is 2.29. The number of nitrogens with zero attached hydrogens (tertiary/aromatic N) is 3. The van der Waals surface area contributed by atoms with Gasteiger partial charge in [-0.3, -0.25) is 19.4 Å². The third-order valence-electron chi connectivity index (χ3n) is 6.82. The van der Waals surface area contributed by atoms with Crippen molar-refractivity contribution in [1.29, 1.82) is 0 Å². The number of sulfonamides is 1. The molecule has 13 heteroatoms. The molecule has 1 aliphatic rings. The van der Waals surface area contributed by atoms with Crippen LogP contribution in [0.4, 0.5) is 0 Å². The van der Waals surface area contributed by atoms with Gasteiger partial charge in [-0.25, -0.2) is 8.42 Å². The maximum atomic E-state index is 13.7. The number of carbonyl (C=O) groups is 3. The molecular formula is C28H25Cl2N5O5S. The third kappa shape index (κ3) is 5.75. The molecule has 0 radical (unpaired) electrons. The van der Waals surface area contributed by atoms with Crippen LogP contribution in [0.5, 0.6) is 0 Å². The molecule has 0 aliphatic carbocycles. The minimum Gasteiger partial charge on any atom is -0.368 e. The largest absolute Gasteiger partial charge is 0.368 e. The second-order valence-corrected chi connectivity index (χ2v) is 11.6. The Balaban J connectivity index is 0.00000387. The molecule has 5 rings (SSSR count). The summed E-state index contributed by atoms with van der Waals surface area (Å²) in [5, 5.41) is 1.82. The fourth-order valence-corrected chi connectivity index (χ4v) is 6.70. The zero-order valence-corrected chi connectivity index (χ0v) is 23.8. The van der Waals surface area contributed by atoms with E-state index in [9.17, 15) is 22.8 Å². The van der Waals surface area contributed by atoms with Gasteiger partial charge in [-0.2, -0.15) is 4.31 Å². The van der Waals surface area contributed by atoms with Crippen LogP contribution in [0.25, 0.3) is 22.0 Å². The quantitative estimate of drug-likeness (QED) is 0.340. The Bertz CT molecular complexity index is 1740. The van der Waals surface area contributed by atoms with Gasteiger partial charge in [-0.15, -0.1) is 12.4 Å². The first-order chi connectivity index (χ1) is 19.1. The summed E-state index contributed by atoms with van der Waals surface area (Å²) < 4.78 is 28.3. The summed E-state index contributed by atoms with van der Waals surface area (Å²) >= 11 is 6.03. The highest BCUT2D eigenvalue weighted by molar-refractivity contribution is 7.89. The van der Waals surface area contributed by atoms with E-state index in [1.165, 1.54) is 12.1 Å². The van der Waals surface area contributed by atoms with Crippen LogP contribution in [0.3, 0.4) is 0 Å². The van der Waals surface area contributed by atoms with Crippen LogP contribution < -0.4 is 11.5 Å². The first-order valence-electron chi connectivity index (χ1n) is 12.2. The van der Waals surface area contributed by atoms with E-state index in [0.717, 1.165) is 20.2 Å². The number of piperazine rings is 1. The van der Waals surface area contributed by atoms with Crippen molar-refractivity contribution < 1.29 is 22.8 Å². The number of pyridine rings is 1. The lowest BCUT2D eigenvalue weighted by Gasteiger charge is -2.43. The second-order valence-electron chi connectivity index (χ2n) is 9.25. The molecule has 2 heterocycles. The van der Waals surface area contributed by atoms with E-state index in [1.54, 1.807) is 60.8 Å². The van der Waals surface area contributed by atoms with Crippen LogP contribution in [0.1, 0.15) is 10.4 Å². The van der Waals surface area contributed by atoms with Crippen LogP contribution >= 0.6 is 24.0 Å². The number of halogens is 2. The van der Waals surface area contributed by atoms with Gasteiger partial charge in [-0.1, -0.05) is 41.9 Å². The predicted molar refractivity (Wildman–Crippen MR) is 157 cm³/mol. The first kappa shape index (κ1) is 29.9. The zero-order valence-electron chi connectivity index (χ0n) is 21.4. The summed E-state index contributed by atoms with van der Waals surface area (Å²) in [5.74, 6) is -2.76. The molecule has 4 aromatic rings. The van der Waals surface area contributed by atoms with Crippen molar-refractivity contribution in [3.8, 4) is 11.3 Å². The van der Waals surface area contributed by atoms with Gasteiger partial charge >= 0.3 is 0 Å². The van der Waals surface area contributed by atoms with E-state index in [0.29, 0.717) is 16.1 Å². The lowest BCUT2D eigenvalue weighted by molar-refractivity contribution is -0.134. The molecule has 4 N–H and O–H groups in total. The van der Waals surface area contributed by atoms with Crippen LogP contribution in [0.2, 0.25) is 5.02 Å². The Kier molecular flexibility index (Phi) is 8.64.